The smallest absolute Gasteiger partial charge is 0.203 e. The first-order valence-corrected chi connectivity index (χ1v) is 2.91. The fourth-order valence-corrected chi connectivity index (χ4v) is 0.701. The highest BCUT2D eigenvalue weighted by atomic mass is 19.1. The average molecular weight is 158 g/mol. The van der Waals surface area contributed by atoms with E-state index in [2.05, 4.69) is 4.74 Å². The molecule has 0 fully saturated rings. The van der Waals surface area contributed by atoms with Gasteiger partial charge in [0.25, 0.3) is 0 Å². The van der Waals surface area contributed by atoms with Crippen LogP contribution >= 0.6 is 0 Å². The highest BCUT2D eigenvalue weighted by molar-refractivity contribution is 5.49. The summed E-state index contributed by atoms with van der Waals surface area (Å²) in [6, 6.07) is 2.23. The van der Waals surface area contributed by atoms with E-state index in [1.807, 2.05) is 0 Å². The van der Waals surface area contributed by atoms with Crippen LogP contribution in [-0.4, -0.2) is 17.3 Å². The van der Waals surface area contributed by atoms with Crippen LogP contribution in [0.2, 0.25) is 0 Å². The molecule has 4 heteroatoms. The van der Waals surface area contributed by atoms with E-state index >= 15 is 0 Å². The molecule has 11 heavy (non-hydrogen) atoms. The molecular weight excluding hydrogens is 151 g/mol. The van der Waals surface area contributed by atoms with Gasteiger partial charge < -0.3 is 14.9 Å². The second-order valence-electron chi connectivity index (χ2n) is 1.95. The van der Waals surface area contributed by atoms with Crippen molar-refractivity contribution in [2.24, 2.45) is 0 Å². The van der Waals surface area contributed by atoms with Crippen molar-refractivity contribution in [3.8, 4) is 17.2 Å². The van der Waals surface area contributed by atoms with Crippen LogP contribution in [0.5, 0.6) is 17.2 Å². The summed E-state index contributed by atoms with van der Waals surface area (Å²) in [7, 11) is 1.31. The van der Waals surface area contributed by atoms with Crippen LogP contribution in [0.1, 0.15) is 0 Å². The zero-order valence-electron chi connectivity index (χ0n) is 5.84. The second-order valence-corrected chi connectivity index (χ2v) is 1.95. The topological polar surface area (TPSA) is 49.7 Å². The van der Waals surface area contributed by atoms with Crippen molar-refractivity contribution in [2.75, 3.05) is 7.11 Å². The van der Waals surface area contributed by atoms with Crippen LogP contribution in [-0.2, 0) is 0 Å². The van der Waals surface area contributed by atoms with Gasteiger partial charge in [-0.05, 0) is 12.1 Å². The molecule has 0 bridgehead atoms. The van der Waals surface area contributed by atoms with Crippen molar-refractivity contribution in [1.82, 2.24) is 0 Å². The molecule has 0 radical (unpaired) electrons. The Kier molecular flexibility index (Phi) is 1.85. The molecule has 1 aromatic carbocycles. The Morgan fingerprint density at radius 2 is 1.91 bits per heavy atom. The minimum absolute atomic E-state index is 0.0453. The van der Waals surface area contributed by atoms with Crippen molar-refractivity contribution in [1.29, 1.82) is 0 Å². The zero-order chi connectivity index (χ0) is 8.43. The largest absolute Gasteiger partial charge is 0.502 e. The number of hydrogen-bond donors (Lipinski definition) is 2. The maximum Gasteiger partial charge on any atom is 0.203 e. The number of hydrogen-bond acceptors (Lipinski definition) is 3. The number of aromatic hydroxyl groups is 2. The first-order valence-electron chi connectivity index (χ1n) is 2.91. The number of phenolic OH excluding ortho intramolecular Hbond substituents is 2. The predicted molar refractivity (Wildman–Crippen MR) is 36.3 cm³/mol. The summed E-state index contributed by atoms with van der Waals surface area (Å²) in [4.78, 5) is 0. The molecule has 2 N–H and O–H groups in total. The van der Waals surface area contributed by atoms with Crippen LogP contribution in [0, 0.1) is 5.82 Å². The fraction of sp³-hybridized carbons (Fsp3) is 0.143. The summed E-state index contributed by atoms with van der Waals surface area (Å²) in [5, 5.41) is 17.8. The van der Waals surface area contributed by atoms with Crippen LogP contribution in [0.25, 0.3) is 0 Å². The summed E-state index contributed by atoms with van der Waals surface area (Å²) < 4.78 is 17.0. The van der Waals surface area contributed by atoms with Gasteiger partial charge >= 0.3 is 0 Å². The van der Waals surface area contributed by atoms with Crippen LogP contribution in [0.3, 0.4) is 0 Å². The lowest BCUT2D eigenvalue weighted by Crippen LogP contribution is -1.85. The standard InChI is InChI=1S/C7H7FO3/c1-11-5-3-2-4(8)6(9)7(5)10/h2-3,9-10H,1H3. The number of benzene rings is 1. The Morgan fingerprint density at radius 1 is 1.27 bits per heavy atom. The molecule has 0 atom stereocenters. The van der Waals surface area contributed by atoms with Gasteiger partial charge in [-0.15, -0.1) is 0 Å². The molecule has 0 amide bonds. The highest BCUT2D eigenvalue weighted by Gasteiger charge is 2.10. The number of ether oxygens (including phenoxy) is 1. The van der Waals surface area contributed by atoms with Crippen molar-refractivity contribution < 1.29 is 19.3 Å². The zero-order valence-corrected chi connectivity index (χ0v) is 5.84. The molecule has 3 nitrogen and oxygen atoms in total. The van der Waals surface area contributed by atoms with Gasteiger partial charge in [0.05, 0.1) is 7.11 Å². The molecule has 0 unspecified atom stereocenters. The summed E-state index contributed by atoms with van der Waals surface area (Å²) in [5.41, 5.74) is 0. The Labute approximate surface area is 62.7 Å². The van der Waals surface area contributed by atoms with Gasteiger partial charge in [-0.3, -0.25) is 0 Å². The second kappa shape index (κ2) is 2.65. The molecule has 0 heterocycles. The molecule has 0 aliphatic carbocycles. The van der Waals surface area contributed by atoms with Crippen molar-refractivity contribution in [3.63, 3.8) is 0 Å². The Morgan fingerprint density at radius 3 is 2.45 bits per heavy atom. The maximum absolute atomic E-state index is 12.4. The minimum Gasteiger partial charge on any atom is -0.502 e. The van der Waals surface area contributed by atoms with Crippen molar-refractivity contribution >= 4 is 0 Å². The summed E-state index contributed by atoms with van der Waals surface area (Å²) in [5.74, 6) is -2.19. The highest BCUT2D eigenvalue weighted by Crippen LogP contribution is 2.36. The monoisotopic (exact) mass is 158 g/mol. The quantitative estimate of drug-likeness (QED) is 0.604. The van der Waals surface area contributed by atoms with Crippen LogP contribution < -0.4 is 4.74 Å². The lowest BCUT2D eigenvalue weighted by atomic mass is 10.3. The predicted octanol–water partition coefficient (Wildman–Crippen LogP) is 1.25. The van der Waals surface area contributed by atoms with E-state index in [1.54, 1.807) is 0 Å². The third kappa shape index (κ3) is 1.19. The Hall–Kier alpha value is -1.45. The molecule has 0 saturated carbocycles. The van der Waals surface area contributed by atoms with E-state index in [0.29, 0.717) is 0 Å². The molecule has 0 aromatic heterocycles. The molecule has 0 saturated heterocycles. The van der Waals surface area contributed by atoms with E-state index in [0.717, 1.165) is 6.07 Å². The summed E-state index contributed by atoms with van der Waals surface area (Å²) in [6.07, 6.45) is 0. The van der Waals surface area contributed by atoms with Crippen molar-refractivity contribution in [2.45, 2.75) is 0 Å². The summed E-state index contributed by atoms with van der Waals surface area (Å²) in [6.45, 7) is 0. The van der Waals surface area contributed by atoms with Gasteiger partial charge in [0, 0.05) is 0 Å². The normalized spacial score (nSPS) is 9.64. The maximum atomic E-state index is 12.4. The van der Waals surface area contributed by atoms with Gasteiger partial charge in [-0.25, -0.2) is 4.39 Å². The summed E-state index contributed by atoms with van der Waals surface area (Å²) >= 11 is 0. The SMILES string of the molecule is COc1ccc(F)c(O)c1O. The van der Waals surface area contributed by atoms with E-state index < -0.39 is 17.3 Å². The van der Waals surface area contributed by atoms with Crippen LogP contribution in [0.4, 0.5) is 4.39 Å². The molecule has 0 spiro atoms. The molecule has 0 aliphatic rings. The van der Waals surface area contributed by atoms with E-state index in [9.17, 15) is 4.39 Å². The molecular formula is C7H7FO3. The van der Waals surface area contributed by atoms with Gasteiger partial charge in [0.1, 0.15) is 0 Å². The molecule has 0 aliphatic heterocycles. The lowest BCUT2D eigenvalue weighted by molar-refractivity contribution is 0.339. The lowest BCUT2D eigenvalue weighted by Gasteiger charge is -2.03. The third-order valence-electron chi connectivity index (χ3n) is 1.28. The Bertz CT molecular complexity index is 273. The molecule has 60 valence electrons. The van der Waals surface area contributed by atoms with E-state index in [-0.39, 0.29) is 5.75 Å². The number of phenols is 2. The van der Waals surface area contributed by atoms with Gasteiger partial charge in [-0.2, -0.15) is 0 Å². The number of methoxy groups -OCH3 is 1. The molecule has 1 aromatic rings. The number of rotatable bonds is 1. The number of halogens is 1. The van der Waals surface area contributed by atoms with Gasteiger partial charge in [0.2, 0.25) is 5.75 Å². The fourth-order valence-electron chi connectivity index (χ4n) is 0.701. The van der Waals surface area contributed by atoms with Crippen LogP contribution in [0.15, 0.2) is 12.1 Å². The Balaban J connectivity index is 3.25. The first-order chi connectivity index (χ1) is 5.16. The molecule has 1 rings (SSSR count). The van der Waals surface area contributed by atoms with Crippen molar-refractivity contribution in [3.05, 3.63) is 17.9 Å². The van der Waals surface area contributed by atoms with Gasteiger partial charge in [0.15, 0.2) is 17.3 Å². The van der Waals surface area contributed by atoms with E-state index in [1.165, 1.54) is 13.2 Å². The minimum atomic E-state index is -0.872. The average Bonchev–Trinajstić information content (AvgIpc) is 2.01. The third-order valence-corrected chi connectivity index (χ3v) is 1.28. The van der Waals surface area contributed by atoms with E-state index in [4.69, 9.17) is 10.2 Å². The van der Waals surface area contributed by atoms with Gasteiger partial charge in [-0.1, -0.05) is 0 Å². The first kappa shape index (κ1) is 7.65.